The van der Waals surface area contributed by atoms with Crippen LogP contribution in [0.15, 0.2) is 231 Å². The molecule has 0 aliphatic heterocycles. The summed E-state index contributed by atoms with van der Waals surface area (Å²) in [5, 5.41) is 7.42. The summed E-state index contributed by atoms with van der Waals surface area (Å²) in [6, 6.07) is 83.7. The molecular formula is C64H50N4. The van der Waals surface area contributed by atoms with Gasteiger partial charge in [-0.05, 0) is 170 Å². The number of anilines is 6. The highest BCUT2D eigenvalue weighted by Gasteiger charge is 2.20. The number of fused-ring (bicyclic) bond motifs is 4. The van der Waals surface area contributed by atoms with Crippen LogP contribution in [0, 0.1) is 27.7 Å². The third kappa shape index (κ3) is 6.84. The zero-order valence-corrected chi connectivity index (χ0v) is 38.7. The molecule has 68 heavy (non-hydrogen) atoms. The van der Waals surface area contributed by atoms with Crippen molar-refractivity contribution in [1.82, 2.24) is 9.13 Å². The molecule has 0 N–H and O–H groups in total. The summed E-state index contributed by atoms with van der Waals surface area (Å²) >= 11 is 0. The number of rotatable bonds is 9. The molecule has 326 valence electrons. The normalized spacial score (nSPS) is 11.5. The molecule has 0 amide bonds. The first kappa shape index (κ1) is 40.9. The number of hydrogen-bond acceptors (Lipinski definition) is 2. The van der Waals surface area contributed by atoms with Crippen molar-refractivity contribution >= 4 is 77.5 Å². The zero-order chi connectivity index (χ0) is 45.9. The van der Waals surface area contributed by atoms with Gasteiger partial charge in [-0.25, -0.2) is 0 Å². The second kappa shape index (κ2) is 16.7. The molecule has 0 unspecified atom stereocenters. The average molecular weight is 875 g/mol. The van der Waals surface area contributed by atoms with E-state index in [0.29, 0.717) is 0 Å². The highest BCUT2D eigenvalue weighted by Crippen LogP contribution is 2.42. The topological polar surface area (TPSA) is 16.3 Å². The molecule has 12 rings (SSSR count). The van der Waals surface area contributed by atoms with E-state index >= 15 is 0 Å². The van der Waals surface area contributed by atoms with E-state index < -0.39 is 0 Å². The fraction of sp³-hybridized carbons (Fsp3) is 0.0625. The molecule has 0 atom stereocenters. The van der Waals surface area contributed by atoms with Gasteiger partial charge in [-0.2, -0.15) is 0 Å². The molecular weight excluding hydrogens is 825 g/mol. The monoisotopic (exact) mass is 874 g/mol. The van der Waals surface area contributed by atoms with Crippen LogP contribution < -0.4 is 9.80 Å². The van der Waals surface area contributed by atoms with Crippen molar-refractivity contribution in [1.29, 1.82) is 0 Å². The van der Waals surface area contributed by atoms with E-state index in [1.807, 2.05) is 0 Å². The lowest BCUT2D eigenvalue weighted by atomic mass is 10.00. The van der Waals surface area contributed by atoms with Gasteiger partial charge in [-0.3, -0.25) is 0 Å². The van der Waals surface area contributed by atoms with Gasteiger partial charge in [0.2, 0.25) is 0 Å². The second-order valence-electron chi connectivity index (χ2n) is 17.9. The van der Waals surface area contributed by atoms with Crippen molar-refractivity contribution < 1.29 is 0 Å². The van der Waals surface area contributed by atoms with Crippen LogP contribution in [-0.2, 0) is 0 Å². The lowest BCUT2D eigenvalue weighted by Crippen LogP contribution is -2.10. The van der Waals surface area contributed by atoms with Gasteiger partial charge < -0.3 is 18.9 Å². The van der Waals surface area contributed by atoms with E-state index in [0.717, 1.165) is 45.5 Å². The molecule has 0 saturated heterocycles. The zero-order valence-electron chi connectivity index (χ0n) is 38.7. The van der Waals surface area contributed by atoms with Crippen LogP contribution in [-0.4, -0.2) is 9.13 Å². The highest BCUT2D eigenvalue weighted by atomic mass is 15.2. The third-order valence-electron chi connectivity index (χ3n) is 14.1. The van der Waals surface area contributed by atoms with Crippen LogP contribution in [0.4, 0.5) is 34.1 Å². The van der Waals surface area contributed by atoms with Crippen molar-refractivity contribution in [2.75, 3.05) is 9.80 Å². The minimum atomic E-state index is 1.11. The maximum atomic E-state index is 2.41. The summed E-state index contributed by atoms with van der Waals surface area (Å²) in [6.45, 7) is 9.00. The Morgan fingerprint density at radius 3 is 1.06 bits per heavy atom. The lowest BCUT2D eigenvalue weighted by Gasteiger charge is -2.27. The van der Waals surface area contributed by atoms with Gasteiger partial charge in [-0.1, -0.05) is 121 Å². The van der Waals surface area contributed by atoms with Crippen molar-refractivity contribution in [2.45, 2.75) is 27.7 Å². The second-order valence-corrected chi connectivity index (χ2v) is 17.9. The summed E-state index contributed by atoms with van der Waals surface area (Å²) < 4.78 is 4.82. The van der Waals surface area contributed by atoms with Gasteiger partial charge in [0.05, 0.1) is 22.4 Å². The van der Waals surface area contributed by atoms with E-state index in [9.17, 15) is 0 Å². The van der Waals surface area contributed by atoms with E-state index in [1.165, 1.54) is 77.0 Å². The van der Waals surface area contributed by atoms with Gasteiger partial charge in [0, 0.05) is 67.1 Å². The first-order valence-electron chi connectivity index (χ1n) is 23.5. The Kier molecular flexibility index (Phi) is 10.0. The molecule has 4 nitrogen and oxygen atoms in total. The minimum absolute atomic E-state index is 1.11. The van der Waals surface area contributed by atoms with Gasteiger partial charge >= 0.3 is 0 Å². The molecule has 12 aromatic rings. The Hall–Kier alpha value is -8.60. The molecule has 4 heteroatoms. The Bertz CT molecular complexity index is 3560. The molecule has 0 fully saturated rings. The van der Waals surface area contributed by atoms with E-state index in [1.54, 1.807) is 0 Å². The van der Waals surface area contributed by atoms with Gasteiger partial charge in [0.1, 0.15) is 0 Å². The number of para-hydroxylation sites is 2. The number of aryl methyl sites for hydroxylation is 2. The lowest BCUT2D eigenvalue weighted by molar-refractivity contribution is 1.04. The maximum Gasteiger partial charge on any atom is 0.0540 e. The van der Waals surface area contributed by atoms with Crippen molar-refractivity contribution in [3.8, 4) is 22.5 Å². The van der Waals surface area contributed by atoms with E-state index in [4.69, 9.17) is 0 Å². The maximum absolute atomic E-state index is 2.41. The first-order chi connectivity index (χ1) is 33.4. The van der Waals surface area contributed by atoms with Crippen LogP contribution in [0.25, 0.3) is 65.9 Å². The summed E-state index contributed by atoms with van der Waals surface area (Å²) in [4.78, 5) is 4.73. The van der Waals surface area contributed by atoms with Crippen LogP contribution in [0.3, 0.4) is 0 Å². The molecule has 0 spiro atoms. The van der Waals surface area contributed by atoms with Crippen LogP contribution in [0.5, 0.6) is 0 Å². The Morgan fingerprint density at radius 1 is 0.294 bits per heavy atom. The van der Waals surface area contributed by atoms with Crippen LogP contribution >= 0.6 is 0 Å². The molecule has 0 bridgehead atoms. The van der Waals surface area contributed by atoms with E-state index in [-0.39, 0.29) is 0 Å². The fourth-order valence-corrected chi connectivity index (χ4v) is 10.5. The number of nitrogens with zero attached hydrogens (tertiary/aromatic N) is 4. The standard InChI is InChI=1S/C64H50N4/c1-43-45(3)65(53-31-35-55(36-32-53)67(51-21-7-5-8-22-51)61-27-15-19-47-17-11-13-25-57(47)61)63-39-29-49(41-59(43)63)50-30-40-64-60(42-50)44(2)46(4)66(64)54-33-37-56(38-34-54)68(52-23-9-6-10-24-52)62-28-16-20-48-18-12-14-26-58(48)62/h5-42H,1-4H3. The number of hydrogen-bond donors (Lipinski definition) is 0. The van der Waals surface area contributed by atoms with E-state index in [2.05, 4.69) is 277 Å². The molecule has 2 heterocycles. The summed E-state index contributed by atoms with van der Waals surface area (Å²) in [5.74, 6) is 0. The number of benzene rings is 10. The minimum Gasteiger partial charge on any atom is -0.314 e. The van der Waals surface area contributed by atoms with Crippen molar-refractivity contribution in [3.05, 3.63) is 253 Å². The van der Waals surface area contributed by atoms with Crippen LogP contribution in [0.1, 0.15) is 22.5 Å². The molecule has 0 radical (unpaired) electrons. The predicted octanol–water partition coefficient (Wildman–Crippen LogP) is 17.7. The fourth-order valence-electron chi connectivity index (χ4n) is 10.5. The first-order valence-corrected chi connectivity index (χ1v) is 23.5. The summed E-state index contributed by atoms with van der Waals surface area (Å²) in [6.07, 6.45) is 0. The molecule has 0 saturated carbocycles. The Morgan fingerprint density at radius 2 is 0.647 bits per heavy atom. The largest absolute Gasteiger partial charge is 0.314 e. The highest BCUT2D eigenvalue weighted by molar-refractivity contribution is 6.01. The quantitative estimate of drug-likeness (QED) is 0.144. The number of aromatic nitrogens is 2. The average Bonchev–Trinajstić information content (AvgIpc) is 3.80. The van der Waals surface area contributed by atoms with Crippen molar-refractivity contribution in [2.24, 2.45) is 0 Å². The van der Waals surface area contributed by atoms with Gasteiger partial charge in [-0.15, -0.1) is 0 Å². The summed E-state index contributed by atoms with van der Waals surface area (Å²) in [5.41, 5.74) is 19.0. The third-order valence-corrected chi connectivity index (χ3v) is 14.1. The van der Waals surface area contributed by atoms with Crippen molar-refractivity contribution in [3.63, 3.8) is 0 Å². The molecule has 0 aliphatic rings. The van der Waals surface area contributed by atoms with Crippen LogP contribution in [0.2, 0.25) is 0 Å². The smallest absolute Gasteiger partial charge is 0.0540 e. The Labute approximate surface area is 397 Å². The Balaban J connectivity index is 0.871. The SMILES string of the molecule is Cc1c(C)n(-c2ccc(N(c3ccccc3)c3cccc4ccccc34)cc2)c2ccc(-c3ccc4c(c3)c(C)c(C)n4-c3ccc(N(c4ccccc4)c4cccc5ccccc45)cc3)cc12. The van der Waals surface area contributed by atoms with Gasteiger partial charge in [0.25, 0.3) is 0 Å². The molecule has 10 aromatic carbocycles. The summed E-state index contributed by atoms with van der Waals surface area (Å²) in [7, 11) is 0. The molecule has 0 aliphatic carbocycles. The van der Waals surface area contributed by atoms with Gasteiger partial charge in [0.15, 0.2) is 0 Å². The predicted molar refractivity (Wildman–Crippen MR) is 289 cm³/mol. The molecule has 2 aromatic heterocycles.